The average molecular weight is 436 g/mol. The first-order valence-corrected chi connectivity index (χ1v) is 10.0. The van der Waals surface area contributed by atoms with Crippen LogP contribution in [0.25, 0.3) is 22.4 Å². The molecule has 0 aliphatic carbocycles. The van der Waals surface area contributed by atoms with Crippen LogP contribution < -0.4 is 5.32 Å². The summed E-state index contributed by atoms with van der Waals surface area (Å²) in [4.78, 5) is 16.3. The van der Waals surface area contributed by atoms with E-state index < -0.39 is 6.43 Å². The van der Waals surface area contributed by atoms with Crippen molar-refractivity contribution in [3.8, 4) is 22.4 Å². The lowest BCUT2D eigenvalue weighted by molar-refractivity contribution is -0.122. The van der Waals surface area contributed by atoms with Gasteiger partial charge in [0.25, 0.3) is 6.43 Å². The van der Waals surface area contributed by atoms with Crippen LogP contribution in [-0.2, 0) is 24.9 Å². The molecule has 3 aromatic heterocycles. The molecule has 9 heteroatoms. The van der Waals surface area contributed by atoms with Crippen LogP contribution in [0.2, 0.25) is 0 Å². The summed E-state index contributed by atoms with van der Waals surface area (Å²) in [5.74, 6) is -0.300. The number of aryl methyl sites for hydroxylation is 2. The number of amides is 1. The first-order chi connectivity index (χ1) is 15.4. The quantitative estimate of drug-likeness (QED) is 0.477. The minimum Gasteiger partial charge on any atom is -0.350 e. The molecule has 32 heavy (non-hydrogen) atoms. The Morgan fingerprint density at radius 3 is 2.44 bits per heavy atom. The Balaban J connectivity index is 1.41. The number of carbonyl (C=O) groups excluding carboxylic acids is 1. The van der Waals surface area contributed by atoms with E-state index in [1.165, 1.54) is 10.7 Å². The molecule has 4 aromatic rings. The van der Waals surface area contributed by atoms with Gasteiger partial charge in [0, 0.05) is 49.0 Å². The predicted octanol–water partition coefficient (Wildman–Crippen LogP) is 3.91. The normalized spacial score (nSPS) is 11.2. The molecule has 0 bridgehead atoms. The second-order valence-electron chi connectivity index (χ2n) is 7.44. The third kappa shape index (κ3) is 4.72. The van der Waals surface area contributed by atoms with Crippen molar-refractivity contribution in [3.63, 3.8) is 0 Å². The highest BCUT2D eigenvalue weighted by atomic mass is 19.3. The molecule has 0 saturated heterocycles. The number of halogens is 2. The molecular weight excluding hydrogens is 414 g/mol. The van der Waals surface area contributed by atoms with Crippen molar-refractivity contribution in [1.82, 2.24) is 29.9 Å². The zero-order valence-electron chi connectivity index (χ0n) is 17.7. The predicted molar refractivity (Wildman–Crippen MR) is 116 cm³/mol. The lowest BCUT2D eigenvalue weighted by Crippen LogP contribution is -2.28. The van der Waals surface area contributed by atoms with Gasteiger partial charge in [0.1, 0.15) is 17.9 Å². The molecule has 0 unspecified atom stereocenters. The Morgan fingerprint density at radius 1 is 1.06 bits per heavy atom. The number of alkyl halides is 2. The molecule has 4 rings (SSSR count). The molecule has 0 spiro atoms. The molecular formula is C23H22F2N6O. The fourth-order valence-corrected chi connectivity index (χ4v) is 3.42. The summed E-state index contributed by atoms with van der Waals surface area (Å²) in [5, 5.41) is 11.2. The smallest absolute Gasteiger partial charge is 0.282 e. The molecule has 0 saturated carbocycles. The maximum Gasteiger partial charge on any atom is 0.282 e. The van der Waals surface area contributed by atoms with E-state index in [0.29, 0.717) is 12.2 Å². The number of hydrogen-bond acceptors (Lipinski definition) is 4. The molecule has 164 valence electrons. The van der Waals surface area contributed by atoms with Crippen LogP contribution in [0.1, 0.15) is 23.4 Å². The highest BCUT2D eigenvalue weighted by molar-refractivity contribution is 5.80. The van der Waals surface area contributed by atoms with Crippen LogP contribution in [0.5, 0.6) is 0 Å². The van der Waals surface area contributed by atoms with Crippen molar-refractivity contribution in [3.05, 3.63) is 78.0 Å². The highest BCUT2D eigenvalue weighted by Crippen LogP contribution is 2.30. The Bertz CT molecular complexity index is 1220. The van der Waals surface area contributed by atoms with Crippen LogP contribution >= 0.6 is 0 Å². The SMILES string of the molecule is Cc1cc(C(F)F)nn1CC(=O)NCc1ccc(-c2nn(C)cc2-c2ccncc2)cc1. The fourth-order valence-electron chi connectivity index (χ4n) is 3.42. The summed E-state index contributed by atoms with van der Waals surface area (Å²) < 4.78 is 28.6. The maximum atomic E-state index is 12.8. The number of nitrogens with one attached hydrogen (secondary N) is 1. The van der Waals surface area contributed by atoms with Crippen LogP contribution in [0.15, 0.2) is 61.1 Å². The summed E-state index contributed by atoms with van der Waals surface area (Å²) in [7, 11) is 1.88. The highest BCUT2D eigenvalue weighted by Gasteiger charge is 2.15. The van der Waals surface area contributed by atoms with Gasteiger partial charge in [-0.05, 0) is 36.2 Å². The third-order valence-electron chi connectivity index (χ3n) is 5.05. The Hall–Kier alpha value is -3.88. The summed E-state index contributed by atoms with van der Waals surface area (Å²) in [6.07, 6.45) is 2.80. The summed E-state index contributed by atoms with van der Waals surface area (Å²) in [5.41, 5.74) is 4.95. The van der Waals surface area contributed by atoms with Crippen molar-refractivity contribution in [2.75, 3.05) is 0 Å². The van der Waals surface area contributed by atoms with Gasteiger partial charge in [-0.25, -0.2) is 8.78 Å². The van der Waals surface area contributed by atoms with E-state index >= 15 is 0 Å². The second-order valence-corrected chi connectivity index (χ2v) is 7.44. The number of aromatic nitrogens is 5. The van der Waals surface area contributed by atoms with E-state index in [1.54, 1.807) is 24.0 Å². The van der Waals surface area contributed by atoms with E-state index in [-0.39, 0.29) is 18.1 Å². The van der Waals surface area contributed by atoms with Crippen molar-refractivity contribution in [2.45, 2.75) is 26.4 Å². The van der Waals surface area contributed by atoms with Gasteiger partial charge in [0.2, 0.25) is 5.91 Å². The lowest BCUT2D eigenvalue weighted by Gasteiger charge is -2.08. The zero-order chi connectivity index (χ0) is 22.7. The van der Waals surface area contributed by atoms with Gasteiger partial charge in [-0.15, -0.1) is 0 Å². The fraction of sp³-hybridized carbons (Fsp3) is 0.217. The first kappa shape index (κ1) is 21.4. The minimum absolute atomic E-state index is 0.111. The van der Waals surface area contributed by atoms with Crippen LogP contribution in [0.3, 0.4) is 0 Å². The number of carbonyl (C=O) groups is 1. The van der Waals surface area contributed by atoms with Crippen LogP contribution in [0.4, 0.5) is 8.78 Å². The molecule has 1 amide bonds. The molecule has 1 aromatic carbocycles. The topological polar surface area (TPSA) is 77.6 Å². The van der Waals surface area contributed by atoms with E-state index in [2.05, 4.69) is 20.5 Å². The monoisotopic (exact) mass is 436 g/mol. The number of benzene rings is 1. The third-order valence-corrected chi connectivity index (χ3v) is 5.05. The maximum absolute atomic E-state index is 12.8. The number of nitrogens with zero attached hydrogens (tertiary/aromatic N) is 5. The zero-order valence-corrected chi connectivity index (χ0v) is 17.7. The van der Waals surface area contributed by atoms with Gasteiger partial charge in [-0.2, -0.15) is 10.2 Å². The molecule has 0 aliphatic heterocycles. The molecule has 7 nitrogen and oxygen atoms in total. The van der Waals surface area contributed by atoms with Crippen LogP contribution in [-0.4, -0.2) is 30.5 Å². The number of rotatable bonds is 7. The average Bonchev–Trinajstić information content (AvgIpc) is 3.36. The van der Waals surface area contributed by atoms with Gasteiger partial charge in [0.15, 0.2) is 0 Å². The molecule has 0 atom stereocenters. The number of hydrogen-bond donors (Lipinski definition) is 1. The molecule has 1 N–H and O–H groups in total. The molecule has 0 radical (unpaired) electrons. The van der Waals surface area contributed by atoms with Gasteiger partial charge in [-0.1, -0.05) is 24.3 Å². The van der Waals surface area contributed by atoms with Gasteiger partial charge < -0.3 is 5.32 Å². The van der Waals surface area contributed by atoms with Gasteiger partial charge in [-0.3, -0.25) is 19.1 Å². The largest absolute Gasteiger partial charge is 0.350 e. The summed E-state index contributed by atoms with van der Waals surface area (Å²) >= 11 is 0. The van der Waals surface area contributed by atoms with E-state index in [0.717, 1.165) is 27.9 Å². The van der Waals surface area contributed by atoms with Crippen molar-refractivity contribution in [1.29, 1.82) is 0 Å². The lowest BCUT2D eigenvalue weighted by atomic mass is 10.0. The second kappa shape index (κ2) is 9.09. The van der Waals surface area contributed by atoms with E-state index in [4.69, 9.17) is 0 Å². The minimum atomic E-state index is -2.66. The van der Waals surface area contributed by atoms with Crippen molar-refractivity contribution < 1.29 is 13.6 Å². The van der Waals surface area contributed by atoms with Gasteiger partial charge >= 0.3 is 0 Å². The molecule has 0 fully saturated rings. The Morgan fingerprint density at radius 2 is 1.78 bits per heavy atom. The van der Waals surface area contributed by atoms with E-state index in [9.17, 15) is 13.6 Å². The van der Waals surface area contributed by atoms with Gasteiger partial charge in [0.05, 0.1) is 0 Å². The summed E-state index contributed by atoms with van der Waals surface area (Å²) in [6.45, 7) is 1.85. The summed E-state index contributed by atoms with van der Waals surface area (Å²) in [6, 6.07) is 12.9. The van der Waals surface area contributed by atoms with Crippen molar-refractivity contribution >= 4 is 5.91 Å². The first-order valence-electron chi connectivity index (χ1n) is 10.0. The Labute approximate surface area is 183 Å². The molecule has 0 aliphatic rings. The number of pyridine rings is 1. The van der Waals surface area contributed by atoms with Crippen LogP contribution in [0, 0.1) is 6.92 Å². The standard InChI is InChI=1S/C23H22F2N6O/c1-15-11-20(23(24)25)28-31(15)14-21(32)27-12-16-3-5-18(6-4-16)22-19(13-30(2)29-22)17-7-9-26-10-8-17/h3-11,13,23H,12,14H2,1-2H3,(H,27,32). The Kier molecular flexibility index (Phi) is 6.07. The molecule has 3 heterocycles. The van der Waals surface area contributed by atoms with E-state index in [1.807, 2.05) is 49.6 Å². The van der Waals surface area contributed by atoms with Crippen molar-refractivity contribution in [2.24, 2.45) is 7.05 Å².